The van der Waals surface area contributed by atoms with Crippen LogP contribution in [0.4, 0.5) is 0 Å². The van der Waals surface area contributed by atoms with Crippen molar-refractivity contribution in [3.63, 3.8) is 0 Å². The molecule has 0 aliphatic heterocycles. The summed E-state index contributed by atoms with van der Waals surface area (Å²) in [6, 6.07) is 8.20. The van der Waals surface area contributed by atoms with Crippen LogP contribution in [-0.2, 0) is 11.2 Å². The van der Waals surface area contributed by atoms with Gasteiger partial charge in [0.05, 0.1) is 6.61 Å². The molecule has 0 spiro atoms. The lowest BCUT2D eigenvalue weighted by molar-refractivity contribution is -0.121. The molecule has 0 saturated carbocycles. The maximum Gasteiger partial charge on any atom is 0.135 e. The molecule has 0 N–H and O–H groups in total. The zero-order valence-corrected chi connectivity index (χ0v) is 12.6. The van der Waals surface area contributed by atoms with E-state index in [1.54, 1.807) is 0 Å². The Morgan fingerprint density at radius 1 is 1.21 bits per heavy atom. The number of carbonyl (C=O) groups excluding carboxylic acids is 1. The fourth-order valence-electron chi connectivity index (χ4n) is 1.81. The van der Waals surface area contributed by atoms with E-state index in [-0.39, 0.29) is 5.92 Å². The molecule has 2 nitrogen and oxygen atoms in total. The average Bonchev–Trinajstić information content (AvgIpc) is 2.36. The third-order valence-electron chi connectivity index (χ3n) is 3.01. The summed E-state index contributed by atoms with van der Waals surface area (Å²) in [5, 5.41) is 0. The SMILES string of the molecule is CC(C)COc1cccc(CCCC(=O)C(C)C)c1. The third kappa shape index (κ3) is 6.42. The standard InChI is InChI=1S/C17H26O2/c1-13(2)12-19-16-9-5-7-15(11-16)8-6-10-17(18)14(3)4/h5,7,9,11,13-14H,6,8,10,12H2,1-4H3. The molecule has 0 aromatic heterocycles. The zero-order valence-electron chi connectivity index (χ0n) is 12.6. The summed E-state index contributed by atoms with van der Waals surface area (Å²) < 4.78 is 5.71. The molecule has 1 rings (SSSR count). The van der Waals surface area contributed by atoms with Gasteiger partial charge in [0.25, 0.3) is 0 Å². The smallest absolute Gasteiger partial charge is 0.135 e. The van der Waals surface area contributed by atoms with Crippen LogP contribution in [-0.4, -0.2) is 12.4 Å². The molecule has 0 atom stereocenters. The number of hydrogen-bond donors (Lipinski definition) is 0. The molecule has 0 amide bonds. The summed E-state index contributed by atoms with van der Waals surface area (Å²) >= 11 is 0. The van der Waals surface area contributed by atoms with Crippen LogP contribution in [0, 0.1) is 11.8 Å². The van der Waals surface area contributed by atoms with E-state index in [0.717, 1.165) is 25.2 Å². The minimum absolute atomic E-state index is 0.153. The van der Waals surface area contributed by atoms with Crippen molar-refractivity contribution in [3.05, 3.63) is 29.8 Å². The highest BCUT2D eigenvalue weighted by atomic mass is 16.5. The Morgan fingerprint density at radius 2 is 1.95 bits per heavy atom. The first-order valence-electron chi connectivity index (χ1n) is 7.23. The summed E-state index contributed by atoms with van der Waals surface area (Å²) in [5.41, 5.74) is 1.25. The van der Waals surface area contributed by atoms with E-state index >= 15 is 0 Å². The first-order valence-corrected chi connectivity index (χ1v) is 7.23. The quantitative estimate of drug-likeness (QED) is 0.699. The number of ketones is 1. The Hall–Kier alpha value is -1.31. The van der Waals surface area contributed by atoms with Crippen LogP contribution in [0.15, 0.2) is 24.3 Å². The Kier molecular flexibility index (Phi) is 6.61. The number of Topliss-reactive ketones (excluding diaryl/α,β-unsaturated/α-hetero) is 1. The highest BCUT2D eigenvalue weighted by Gasteiger charge is 2.06. The Balaban J connectivity index is 2.42. The van der Waals surface area contributed by atoms with Gasteiger partial charge >= 0.3 is 0 Å². The van der Waals surface area contributed by atoms with Crippen LogP contribution in [0.1, 0.15) is 46.1 Å². The predicted molar refractivity (Wildman–Crippen MR) is 79.6 cm³/mol. The molecule has 0 bridgehead atoms. The van der Waals surface area contributed by atoms with E-state index in [1.165, 1.54) is 5.56 Å². The van der Waals surface area contributed by atoms with Gasteiger partial charge in [-0.3, -0.25) is 4.79 Å². The van der Waals surface area contributed by atoms with Gasteiger partial charge < -0.3 is 4.74 Å². The molecule has 0 unspecified atom stereocenters. The maximum atomic E-state index is 11.6. The molecule has 0 aliphatic carbocycles. The molecule has 1 aromatic rings. The van der Waals surface area contributed by atoms with Crippen LogP contribution in [0.25, 0.3) is 0 Å². The molecule has 1 aromatic carbocycles. The first kappa shape index (κ1) is 15.7. The Morgan fingerprint density at radius 3 is 2.58 bits per heavy atom. The lowest BCUT2D eigenvalue weighted by atomic mass is 10.0. The van der Waals surface area contributed by atoms with Gasteiger partial charge in [-0.1, -0.05) is 39.8 Å². The molecule has 0 saturated heterocycles. The van der Waals surface area contributed by atoms with Gasteiger partial charge in [-0.25, -0.2) is 0 Å². The average molecular weight is 262 g/mol. The van der Waals surface area contributed by atoms with Crippen LogP contribution in [0.2, 0.25) is 0 Å². The van der Waals surface area contributed by atoms with E-state index in [2.05, 4.69) is 26.0 Å². The van der Waals surface area contributed by atoms with Crippen molar-refractivity contribution in [1.29, 1.82) is 0 Å². The number of aryl methyl sites for hydroxylation is 1. The topological polar surface area (TPSA) is 26.3 Å². The fourth-order valence-corrected chi connectivity index (χ4v) is 1.81. The number of hydrogen-bond acceptors (Lipinski definition) is 2. The highest BCUT2D eigenvalue weighted by Crippen LogP contribution is 2.16. The first-order chi connectivity index (χ1) is 8.99. The minimum Gasteiger partial charge on any atom is -0.493 e. The summed E-state index contributed by atoms with van der Waals surface area (Å²) in [4.78, 5) is 11.6. The van der Waals surface area contributed by atoms with Gasteiger partial charge in [-0.05, 0) is 36.5 Å². The van der Waals surface area contributed by atoms with Gasteiger partial charge in [-0.15, -0.1) is 0 Å². The van der Waals surface area contributed by atoms with Crippen LogP contribution >= 0.6 is 0 Å². The fraction of sp³-hybridized carbons (Fsp3) is 0.588. The molecule has 19 heavy (non-hydrogen) atoms. The van der Waals surface area contributed by atoms with Gasteiger partial charge in [0.15, 0.2) is 0 Å². The molecule has 2 heteroatoms. The van der Waals surface area contributed by atoms with Gasteiger partial charge in [0.1, 0.15) is 11.5 Å². The molecular formula is C17H26O2. The number of benzene rings is 1. The largest absolute Gasteiger partial charge is 0.493 e. The van der Waals surface area contributed by atoms with Crippen molar-refractivity contribution in [2.24, 2.45) is 11.8 Å². The molecule has 0 radical (unpaired) electrons. The number of carbonyl (C=O) groups is 1. The molecular weight excluding hydrogens is 236 g/mol. The lowest BCUT2D eigenvalue weighted by Crippen LogP contribution is -2.07. The second-order valence-electron chi connectivity index (χ2n) is 5.83. The summed E-state index contributed by atoms with van der Waals surface area (Å²) in [6.45, 7) is 8.95. The van der Waals surface area contributed by atoms with E-state index in [4.69, 9.17) is 4.74 Å². The Labute approximate surface area is 117 Å². The molecule has 106 valence electrons. The van der Waals surface area contributed by atoms with Crippen LogP contribution < -0.4 is 4.74 Å². The highest BCUT2D eigenvalue weighted by molar-refractivity contribution is 5.80. The molecule has 0 fully saturated rings. The van der Waals surface area contributed by atoms with Crippen molar-refractivity contribution in [3.8, 4) is 5.75 Å². The zero-order chi connectivity index (χ0) is 14.3. The van der Waals surface area contributed by atoms with Crippen molar-refractivity contribution in [2.75, 3.05) is 6.61 Å². The van der Waals surface area contributed by atoms with Crippen molar-refractivity contribution in [1.82, 2.24) is 0 Å². The van der Waals surface area contributed by atoms with Gasteiger partial charge in [0, 0.05) is 12.3 Å². The molecule has 0 aliphatic rings. The maximum absolute atomic E-state index is 11.6. The van der Waals surface area contributed by atoms with E-state index in [9.17, 15) is 4.79 Å². The predicted octanol–water partition coefficient (Wildman–Crippen LogP) is 4.27. The van der Waals surface area contributed by atoms with E-state index in [1.807, 2.05) is 26.0 Å². The minimum atomic E-state index is 0.153. The van der Waals surface area contributed by atoms with Crippen molar-refractivity contribution < 1.29 is 9.53 Å². The monoisotopic (exact) mass is 262 g/mol. The summed E-state index contributed by atoms with van der Waals surface area (Å²) in [7, 11) is 0. The number of rotatable bonds is 8. The Bertz CT molecular complexity index is 394. The van der Waals surface area contributed by atoms with Crippen LogP contribution in [0.3, 0.4) is 0 Å². The van der Waals surface area contributed by atoms with Crippen molar-refractivity contribution in [2.45, 2.75) is 47.0 Å². The summed E-state index contributed by atoms with van der Waals surface area (Å²) in [5.74, 6) is 1.97. The van der Waals surface area contributed by atoms with E-state index < -0.39 is 0 Å². The van der Waals surface area contributed by atoms with E-state index in [0.29, 0.717) is 18.1 Å². The van der Waals surface area contributed by atoms with Gasteiger partial charge in [-0.2, -0.15) is 0 Å². The molecule has 0 heterocycles. The normalized spacial score (nSPS) is 11.1. The lowest BCUT2D eigenvalue weighted by Gasteiger charge is -2.10. The van der Waals surface area contributed by atoms with Gasteiger partial charge in [0.2, 0.25) is 0 Å². The second kappa shape index (κ2) is 7.98. The van der Waals surface area contributed by atoms with Crippen molar-refractivity contribution >= 4 is 5.78 Å². The van der Waals surface area contributed by atoms with Crippen LogP contribution in [0.5, 0.6) is 5.75 Å². The second-order valence-corrected chi connectivity index (χ2v) is 5.83. The third-order valence-corrected chi connectivity index (χ3v) is 3.01. The number of ether oxygens (including phenoxy) is 1. The summed E-state index contributed by atoms with van der Waals surface area (Å²) in [6.07, 6.45) is 2.54.